The zero-order valence-corrected chi connectivity index (χ0v) is 14.3. The van der Waals surface area contributed by atoms with Crippen molar-refractivity contribution in [1.29, 1.82) is 0 Å². The first-order valence-electron chi connectivity index (χ1n) is 6.51. The maximum Gasteiger partial charge on any atom is 0.191 e. The Bertz CT molecular complexity index is 640. The van der Waals surface area contributed by atoms with Gasteiger partial charge in [-0.05, 0) is 46.1 Å². The van der Waals surface area contributed by atoms with Gasteiger partial charge in [0.05, 0.1) is 6.54 Å². The molecule has 112 valence electrons. The van der Waals surface area contributed by atoms with Crippen molar-refractivity contribution < 1.29 is 4.39 Å². The number of hydrogen-bond acceptors (Lipinski definition) is 2. The van der Waals surface area contributed by atoms with E-state index in [1.54, 1.807) is 31.4 Å². The average Bonchev–Trinajstić information content (AvgIpc) is 2.88. The molecule has 1 heterocycles. The predicted molar refractivity (Wildman–Crippen MR) is 90.2 cm³/mol. The van der Waals surface area contributed by atoms with Gasteiger partial charge in [0.25, 0.3) is 0 Å². The van der Waals surface area contributed by atoms with E-state index in [-0.39, 0.29) is 5.82 Å². The van der Waals surface area contributed by atoms with Gasteiger partial charge in [-0.1, -0.05) is 12.1 Å². The highest BCUT2D eigenvalue weighted by molar-refractivity contribution is 9.10. The second-order valence-corrected chi connectivity index (χ2v) is 6.51. The van der Waals surface area contributed by atoms with Gasteiger partial charge < -0.3 is 10.6 Å². The Hall–Kier alpha value is -1.40. The first-order chi connectivity index (χ1) is 10.1. The molecular formula is C15H17BrFN3S. The molecule has 0 atom stereocenters. The largest absolute Gasteiger partial charge is 0.352 e. The van der Waals surface area contributed by atoms with E-state index in [1.165, 1.54) is 10.9 Å². The monoisotopic (exact) mass is 369 g/mol. The normalized spacial score (nSPS) is 11.5. The molecule has 0 spiro atoms. The smallest absolute Gasteiger partial charge is 0.191 e. The van der Waals surface area contributed by atoms with Crippen molar-refractivity contribution in [2.75, 3.05) is 7.05 Å². The number of nitrogens with one attached hydrogen (secondary N) is 2. The van der Waals surface area contributed by atoms with E-state index in [2.05, 4.69) is 43.0 Å². The highest BCUT2D eigenvalue weighted by atomic mass is 79.9. The lowest BCUT2D eigenvalue weighted by atomic mass is 10.1. The Morgan fingerprint density at radius 3 is 2.67 bits per heavy atom. The molecule has 6 heteroatoms. The van der Waals surface area contributed by atoms with Gasteiger partial charge in [-0.2, -0.15) is 0 Å². The van der Waals surface area contributed by atoms with Crippen LogP contribution in [-0.4, -0.2) is 13.0 Å². The van der Waals surface area contributed by atoms with Crippen LogP contribution < -0.4 is 10.6 Å². The summed E-state index contributed by atoms with van der Waals surface area (Å²) in [6.45, 7) is 3.09. The number of aliphatic imine (C=N–C) groups is 1. The highest BCUT2D eigenvalue weighted by Crippen LogP contribution is 2.19. The molecule has 3 nitrogen and oxygen atoms in total. The van der Waals surface area contributed by atoms with Crippen LogP contribution in [0.15, 0.2) is 39.1 Å². The molecule has 21 heavy (non-hydrogen) atoms. The minimum absolute atomic E-state index is 0.176. The Morgan fingerprint density at radius 2 is 2.05 bits per heavy atom. The molecule has 0 saturated carbocycles. The van der Waals surface area contributed by atoms with Gasteiger partial charge in [0.15, 0.2) is 5.96 Å². The molecule has 1 aromatic carbocycles. The number of rotatable bonds is 4. The van der Waals surface area contributed by atoms with Crippen LogP contribution in [0.2, 0.25) is 0 Å². The fourth-order valence-electron chi connectivity index (χ4n) is 1.84. The summed E-state index contributed by atoms with van der Waals surface area (Å²) in [5, 5.41) is 8.52. The van der Waals surface area contributed by atoms with Gasteiger partial charge in [0, 0.05) is 28.3 Å². The van der Waals surface area contributed by atoms with Gasteiger partial charge in [0.2, 0.25) is 0 Å². The van der Waals surface area contributed by atoms with Gasteiger partial charge in [-0.15, -0.1) is 11.3 Å². The molecule has 0 bridgehead atoms. The lowest BCUT2D eigenvalue weighted by Gasteiger charge is -2.11. The Kier molecular flexibility index (Phi) is 5.76. The quantitative estimate of drug-likeness (QED) is 0.634. The standard InChI is InChI=1S/C15H17BrFN3S/c1-10-5-11(3-4-14(10)17)7-19-15(18-2)20-8-13-6-12(16)9-21-13/h3-6,9H,7-8H2,1-2H3,(H2,18,19,20). The summed E-state index contributed by atoms with van der Waals surface area (Å²) in [4.78, 5) is 5.40. The van der Waals surface area contributed by atoms with E-state index in [0.717, 1.165) is 22.5 Å². The Morgan fingerprint density at radius 1 is 1.29 bits per heavy atom. The van der Waals surface area contributed by atoms with Crippen molar-refractivity contribution in [1.82, 2.24) is 10.6 Å². The van der Waals surface area contributed by atoms with E-state index < -0.39 is 0 Å². The molecule has 0 unspecified atom stereocenters. The SMILES string of the molecule is CN=C(NCc1ccc(F)c(C)c1)NCc1cc(Br)cs1. The van der Waals surface area contributed by atoms with Crippen molar-refractivity contribution in [3.63, 3.8) is 0 Å². The summed E-state index contributed by atoms with van der Waals surface area (Å²) in [5.74, 6) is 0.547. The second kappa shape index (κ2) is 7.56. The molecule has 0 amide bonds. The summed E-state index contributed by atoms with van der Waals surface area (Å²) in [6.07, 6.45) is 0. The average molecular weight is 370 g/mol. The van der Waals surface area contributed by atoms with Crippen LogP contribution >= 0.6 is 27.3 Å². The molecule has 2 N–H and O–H groups in total. The van der Waals surface area contributed by atoms with E-state index >= 15 is 0 Å². The molecule has 0 saturated heterocycles. The van der Waals surface area contributed by atoms with Crippen LogP contribution in [-0.2, 0) is 13.1 Å². The van der Waals surface area contributed by atoms with Crippen molar-refractivity contribution in [2.45, 2.75) is 20.0 Å². The molecule has 0 aliphatic heterocycles. The topological polar surface area (TPSA) is 36.4 Å². The van der Waals surface area contributed by atoms with E-state index in [0.29, 0.717) is 12.1 Å². The molecule has 1 aromatic heterocycles. The summed E-state index contributed by atoms with van der Waals surface area (Å²) in [5.41, 5.74) is 1.68. The van der Waals surface area contributed by atoms with Gasteiger partial charge in [-0.25, -0.2) is 4.39 Å². The summed E-state index contributed by atoms with van der Waals surface area (Å²) in [6, 6.07) is 7.19. The van der Waals surface area contributed by atoms with Crippen molar-refractivity contribution in [3.05, 3.63) is 55.9 Å². The first kappa shape index (κ1) is 16.0. The summed E-state index contributed by atoms with van der Waals surface area (Å²) >= 11 is 5.12. The molecule has 0 radical (unpaired) electrons. The zero-order valence-electron chi connectivity index (χ0n) is 11.9. The maximum atomic E-state index is 13.2. The number of thiophene rings is 1. The predicted octanol–water partition coefficient (Wildman–Crippen LogP) is 3.82. The number of benzene rings is 1. The third-order valence-electron chi connectivity index (χ3n) is 2.96. The summed E-state index contributed by atoms with van der Waals surface area (Å²) in [7, 11) is 1.73. The van der Waals surface area contributed by atoms with Crippen LogP contribution in [0.25, 0.3) is 0 Å². The van der Waals surface area contributed by atoms with Crippen LogP contribution in [0.5, 0.6) is 0 Å². The lowest BCUT2D eigenvalue weighted by Crippen LogP contribution is -2.36. The van der Waals surface area contributed by atoms with E-state index in [4.69, 9.17) is 0 Å². The minimum Gasteiger partial charge on any atom is -0.352 e. The van der Waals surface area contributed by atoms with Crippen molar-refractivity contribution in [2.24, 2.45) is 4.99 Å². The number of guanidine groups is 1. The molecule has 0 aliphatic carbocycles. The van der Waals surface area contributed by atoms with Crippen molar-refractivity contribution in [3.8, 4) is 0 Å². The van der Waals surface area contributed by atoms with Gasteiger partial charge in [-0.3, -0.25) is 4.99 Å². The third kappa shape index (κ3) is 4.82. The maximum absolute atomic E-state index is 13.2. The molecular weight excluding hydrogens is 353 g/mol. The van der Waals surface area contributed by atoms with Crippen molar-refractivity contribution >= 4 is 33.2 Å². The molecule has 2 rings (SSSR count). The second-order valence-electron chi connectivity index (χ2n) is 4.59. The number of hydrogen-bond donors (Lipinski definition) is 2. The lowest BCUT2D eigenvalue weighted by molar-refractivity contribution is 0.617. The fourth-order valence-corrected chi connectivity index (χ4v) is 3.23. The van der Waals surface area contributed by atoms with Crippen LogP contribution in [0, 0.1) is 12.7 Å². The number of nitrogens with zero attached hydrogens (tertiary/aromatic N) is 1. The van der Waals surface area contributed by atoms with Crippen LogP contribution in [0.4, 0.5) is 4.39 Å². The molecule has 0 aliphatic rings. The van der Waals surface area contributed by atoms with E-state index in [1.807, 2.05) is 6.07 Å². The number of aryl methyl sites for hydroxylation is 1. The minimum atomic E-state index is -0.176. The first-order valence-corrected chi connectivity index (χ1v) is 8.18. The van der Waals surface area contributed by atoms with Crippen LogP contribution in [0.1, 0.15) is 16.0 Å². The molecule has 2 aromatic rings. The number of halogens is 2. The van der Waals surface area contributed by atoms with Gasteiger partial charge in [0.1, 0.15) is 5.82 Å². The van der Waals surface area contributed by atoms with E-state index in [9.17, 15) is 4.39 Å². The highest BCUT2D eigenvalue weighted by Gasteiger charge is 2.02. The van der Waals surface area contributed by atoms with Crippen LogP contribution in [0.3, 0.4) is 0 Å². The Balaban J connectivity index is 1.86. The zero-order chi connectivity index (χ0) is 15.2. The third-order valence-corrected chi connectivity index (χ3v) is 4.66. The fraction of sp³-hybridized carbons (Fsp3) is 0.267. The molecule has 0 fully saturated rings. The summed E-state index contributed by atoms with van der Waals surface area (Å²) < 4.78 is 14.3. The Labute approximate surface area is 136 Å². The van der Waals surface area contributed by atoms with Gasteiger partial charge >= 0.3 is 0 Å².